The van der Waals surface area contributed by atoms with Gasteiger partial charge < -0.3 is 10.4 Å². The van der Waals surface area contributed by atoms with E-state index in [0.29, 0.717) is 11.3 Å². The molecule has 0 radical (unpaired) electrons. The molecule has 0 spiro atoms. The van der Waals surface area contributed by atoms with Gasteiger partial charge in [-0.1, -0.05) is 28.1 Å². The monoisotopic (exact) mass is 379 g/mol. The van der Waals surface area contributed by atoms with Gasteiger partial charge in [0.15, 0.2) is 0 Å². The van der Waals surface area contributed by atoms with E-state index in [9.17, 15) is 9.59 Å². The number of halogens is 1. The van der Waals surface area contributed by atoms with Crippen molar-refractivity contribution >= 4 is 27.8 Å². The lowest BCUT2D eigenvalue weighted by Gasteiger charge is -2.18. The van der Waals surface area contributed by atoms with Gasteiger partial charge in [-0.15, -0.1) is 0 Å². The molecule has 1 heterocycles. The summed E-state index contributed by atoms with van der Waals surface area (Å²) in [7, 11) is 1.77. The summed E-state index contributed by atoms with van der Waals surface area (Å²) in [6.45, 7) is 3.56. The van der Waals surface area contributed by atoms with Crippen LogP contribution in [0.1, 0.15) is 39.8 Å². The Labute approximate surface area is 142 Å². The molecular weight excluding hydrogens is 362 g/mol. The maximum Gasteiger partial charge on any atom is 0.305 e. The highest BCUT2D eigenvalue weighted by molar-refractivity contribution is 9.10. The zero-order valence-electron chi connectivity index (χ0n) is 13.1. The number of hydrogen-bond acceptors (Lipinski definition) is 3. The van der Waals surface area contributed by atoms with Crippen LogP contribution in [0.2, 0.25) is 0 Å². The summed E-state index contributed by atoms with van der Waals surface area (Å²) in [5.74, 6) is -1.30. The average molecular weight is 380 g/mol. The van der Waals surface area contributed by atoms with Crippen molar-refractivity contribution in [2.75, 3.05) is 0 Å². The molecule has 23 heavy (non-hydrogen) atoms. The lowest BCUT2D eigenvalue weighted by molar-refractivity contribution is -0.137. The number of aliphatic carboxylic acids is 1. The fourth-order valence-electron chi connectivity index (χ4n) is 2.48. The van der Waals surface area contributed by atoms with Crippen molar-refractivity contribution < 1.29 is 14.7 Å². The number of hydrogen-bond donors (Lipinski definition) is 2. The van der Waals surface area contributed by atoms with E-state index in [-0.39, 0.29) is 12.3 Å². The highest BCUT2D eigenvalue weighted by atomic mass is 79.9. The largest absolute Gasteiger partial charge is 0.481 e. The molecule has 1 aromatic heterocycles. The van der Waals surface area contributed by atoms with E-state index in [1.165, 1.54) is 0 Å². The first-order valence-corrected chi connectivity index (χ1v) is 7.87. The minimum Gasteiger partial charge on any atom is -0.481 e. The van der Waals surface area contributed by atoms with Gasteiger partial charge >= 0.3 is 5.97 Å². The second kappa shape index (κ2) is 6.95. The first-order chi connectivity index (χ1) is 10.8. The van der Waals surface area contributed by atoms with E-state index < -0.39 is 12.0 Å². The Kier molecular flexibility index (Phi) is 5.20. The van der Waals surface area contributed by atoms with Crippen LogP contribution in [-0.4, -0.2) is 26.8 Å². The number of carboxylic acid groups (broad SMARTS) is 1. The number of aromatic nitrogens is 2. The Morgan fingerprint density at radius 2 is 2.09 bits per heavy atom. The van der Waals surface area contributed by atoms with Crippen molar-refractivity contribution in [3.8, 4) is 0 Å². The fraction of sp³-hybridized carbons (Fsp3) is 0.312. The van der Waals surface area contributed by atoms with Gasteiger partial charge in [-0.05, 0) is 31.5 Å². The summed E-state index contributed by atoms with van der Waals surface area (Å²) < 4.78 is 2.46. The summed E-state index contributed by atoms with van der Waals surface area (Å²) >= 11 is 3.36. The van der Waals surface area contributed by atoms with Gasteiger partial charge in [0.25, 0.3) is 5.91 Å². The molecular formula is C16H18BrN3O3. The first-order valence-electron chi connectivity index (χ1n) is 7.08. The summed E-state index contributed by atoms with van der Waals surface area (Å²) in [5, 5.41) is 16.2. The zero-order valence-corrected chi connectivity index (χ0v) is 14.7. The van der Waals surface area contributed by atoms with Gasteiger partial charge in [0, 0.05) is 17.2 Å². The third-order valence-electron chi connectivity index (χ3n) is 3.67. The van der Waals surface area contributed by atoms with Crippen LogP contribution in [0, 0.1) is 13.8 Å². The van der Waals surface area contributed by atoms with Crippen LogP contribution < -0.4 is 5.32 Å². The van der Waals surface area contributed by atoms with Gasteiger partial charge in [0.2, 0.25) is 0 Å². The number of aryl methyl sites for hydroxylation is 2. The molecule has 122 valence electrons. The maximum absolute atomic E-state index is 12.6. The summed E-state index contributed by atoms with van der Waals surface area (Å²) in [5.41, 5.74) is 2.57. The van der Waals surface area contributed by atoms with Crippen LogP contribution in [0.4, 0.5) is 0 Å². The van der Waals surface area contributed by atoms with Gasteiger partial charge in [-0.3, -0.25) is 14.3 Å². The topological polar surface area (TPSA) is 84.2 Å². The molecule has 1 amide bonds. The van der Waals surface area contributed by atoms with E-state index in [1.807, 2.05) is 6.07 Å². The molecule has 0 aliphatic rings. The second-order valence-electron chi connectivity index (χ2n) is 5.35. The van der Waals surface area contributed by atoms with Crippen molar-refractivity contribution in [1.82, 2.24) is 15.1 Å². The lowest BCUT2D eigenvalue weighted by atomic mass is 10.0. The van der Waals surface area contributed by atoms with Crippen molar-refractivity contribution in [1.29, 1.82) is 0 Å². The Bertz CT molecular complexity index is 755. The summed E-state index contributed by atoms with van der Waals surface area (Å²) in [6.07, 6.45) is -0.194. The number of carbonyl (C=O) groups is 2. The van der Waals surface area contributed by atoms with Gasteiger partial charge in [-0.2, -0.15) is 5.10 Å². The Balaban J connectivity index is 2.30. The number of nitrogens with zero attached hydrogens (tertiary/aromatic N) is 2. The molecule has 7 heteroatoms. The third kappa shape index (κ3) is 3.98. The smallest absolute Gasteiger partial charge is 0.305 e. The van der Waals surface area contributed by atoms with Gasteiger partial charge in [0.05, 0.1) is 23.7 Å². The van der Waals surface area contributed by atoms with E-state index >= 15 is 0 Å². The van der Waals surface area contributed by atoms with Crippen LogP contribution in [0.3, 0.4) is 0 Å². The number of rotatable bonds is 5. The molecule has 1 unspecified atom stereocenters. The first kappa shape index (κ1) is 17.2. The van der Waals surface area contributed by atoms with Crippen LogP contribution in [0.15, 0.2) is 28.7 Å². The molecule has 6 nitrogen and oxygen atoms in total. The Hall–Kier alpha value is -2.15. The van der Waals surface area contributed by atoms with Crippen molar-refractivity contribution in [2.24, 2.45) is 7.05 Å². The molecule has 1 atom stereocenters. The fourth-order valence-corrected chi connectivity index (χ4v) is 2.90. The molecule has 0 aliphatic carbocycles. The number of benzene rings is 1. The van der Waals surface area contributed by atoms with E-state index in [2.05, 4.69) is 26.3 Å². The molecule has 2 aromatic rings. The SMILES string of the molecule is Cc1nn(C)c(C)c1C(=O)NC(CC(=O)O)c1cccc(Br)c1. The van der Waals surface area contributed by atoms with E-state index in [0.717, 1.165) is 15.7 Å². The molecule has 0 aliphatic heterocycles. The van der Waals surface area contributed by atoms with Crippen molar-refractivity contribution in [2.45, 2.75) is 26.3 Å². The number of carbonyl (C=O) groups excluding carboxylic acids is 1. The second-order valence-corrected chi connectivity index (χ2v) is 6.26. The molecule has 0 fully saturated rings. The Morgan fingerprint density at radius 3 is 2.61 bits per heavy atom. The van der Waals surface area contributed by atoms with Gasteiger partial charge in [-0.25, -0.2) is 0 Å². The number of nitrogens with one attached hydrogen (secondary N) is 1. The van der Waals surface area contributed by atoms with Crippen molar-refractivity contribution in [3.05, 3.63) is 51.3 Å². The zero-order chi connectivity index (χ0) is 17.1. The number of amides is 1. The normalized spacial score (nSPS) is 12.0. The third-order valence-corrected chi connectivity index (χ3v) is 4.16. The molecule has 0 saturated heterocycles. The minimum atomic E-state index is -0.977. The number of carboxylic acids is 1. The van der Waals surface area contributed by atoms with E-state index in [4.69, 9.17) is 5.11 Å². The maximum atomic E-state index is 12.6. The predicted octanol–water partition coefficient (Wildman–Crippen LogP) is 2.75. The molecule has 2 N–H and O–H groups in total. The minimum absolute atomic E-state index is 0.194. The summed E-state index contributed by atoms with van der Waals surface area (Å²) in [4.78, 5) is 23.7. The van der Waals surface area contributed by atoms with Gasteiger partial charge in [0.1, 0.15) is 0 Å². The van der Waals surface area contributed by atoms with Crippen LogP contribution >= 0.6 is 15.9 Å². The van der Waals surface area contributed by atoms with Crippen LogP contribution in [0.25, 0.3) is 0 Å². The van der Waals surface area contributed by atoms with Crippen LogP contribution in [-0.2, 0) is 11.8 Å². The highest BCUT2D eigenvalue weighted by Gasteiger charge is 2.23. The molecule has 2 rings (SSSR count). The van der Waals surface area contributed by atoms with E-state index in [1.54, 1.807) is 43.8 Å². The molecule has 0 saturated carbocycles. The average Bonchev–Trinajstić information content (AvgIpc) is 2.71. The predicted molar refractivity (Wildman–Crippen MR) is 89.3 cm³/mol. The Morgan fingerprint density at radius 1 is 1.39 bits per heavy atom. The van der Waals surface area contributed by atoms with Crippen LogP contribution in [0.5, 0.6) is 0 Å². The van der Waals surface area contributed by atoms with Crippen molar-refractivity contribution in [3.63, 3.8) is 0 Å². The summed E-state index contributed by atoms with van der Waals surface area (Å²) in [6, 6.07) is 6.63. The molecule has 1 aromatic carbocycles. The highest BCUT2D eigenvalue weighted by Crippen LogP contribution is 2.22. The standard InChI is InChI=1S/C16H18BrN3O3/c1-9-15(10(2)20(3)19-9)16(23)18-13(8-14(21)22)11-5-4-6-12(17)7-11/h4-7,13H,8H2,1-3H3,(H,18,23)(H,21,22). The lowest BCUT2D eigenvalue weighted by Crippen LogP contribution is -2.31. The quantitative estimate of drug-likeness (QED) is 0.836. The molecule has 0 bridgehead atoms.